The van der Waals surface area contributed by atoms with Crippen molar-refractivity contribution in [2.75, 3.05) is 17.3 Å². The van der Waals surface area contributed by atoms with Crippen LogP contribution in [0, 0.1) is 5.82 Å². The smallest absolute Gasteiger partial charge is 0.356 e. The fourth-order valence-electron chi connectivity index (χ4n) is 3.94. The summed E-state index contributed by atoms with van der Waals surface area (Å²) in [5.74, 6) is -2.80. The molecule has 3 aromatic carbocycles. The molecule has 0 saturated carbocycles. The van der Waals surface area contributed by atoms with Gasteiger partial charge < -0.3 is 20.7 Å². The number of carboxylic acids is 1. The third-order valence-electron chi connectivity index (χ3n) is 5.69. The number of hydrogen-bond acceptors (Lipinski definition) is 8. The van der Waals surface area contributed by atoms with Crippen LogP contribution in [0.4, 0.5) is 15.9 Å². The summed E-state index contributed by atoms with van der Waals surface area (Å²) in [4.78, 5) is 24.7. The Bertz CT molecular complexity index is 1860. The van der Waals surface area contributed by atoms with Crippen molar-refractivity contribution >= 4 is 44.2 Å². The van der Waals surface area contributed by atoms with E-state index < -0.39 is 33.2 Å². The number of halogens is 1. The van der Waals surface area contributed by atoms with Crippen LogP contribution in [0.2, 0.25) is 0 Å². The van der Waals surface area contributed by atoms with E-state index in [1.807, 2.05) is 0 Å². The molecule has 0 aliphatic carbocycles. The summed E-state index contributed by atoms with van der Waals surface area (Å²) in [5, 5.41) is 20.1. The van der Waals surface area contributed by atoms with Crippen LogP contribution >= 0.6 is 0 Å². The highest BCUT2D eigenvalue weighted by atomic mass is 32.2. The number of fused-ring (bicyclic) bond motifs is 1. The second kappa shape index (κ2) is 9.12. The SMILES string of the molecule is CS(=O)(=O)c1ccccc1-c1ccc(NC(=O)c2cc(C(=O)O)nn2-c2ccc3onc(N)c3c2)cc1F. The number of nitrogens with zero attached hydrogens (tertiary/aromatic N) is 3. The number of benzene rings is 3. The van der Waals surface area contributed by atoms with E-state index in [9.17, 15) is 23.1 Å². The molecule has 13 heteroatoms. The van der Waals surface area contributed by atoms with Crippen LogP contribution < -0.4 is 11.1 Å². The first-order valence-corrected chi connectivity index (χ1v) is 12.8. The number of sulfone groups is 1. The minimum absolute atomic E-state index is 0.0295. The van der Waals surface area contributed by atoms with Crippen molar-refractivity contribution in [3.05, 3.63) is 83.9 Å². The van der Waals surface area contributed by atoms with E-state index in [0.29, 0.717) is 16.7 Å². The number of nitrogens with two attached hydrogens (primary N) is 1. The summed E-state index contributed by atoms with van der Waals surface area (Å²) in [5.41, 5.74) is 6.21. The van der Waals surface area contributed by atoms with Gasteiger partial charge in [0.25, 0.3) is 5.91 Å². The Hall–Kier alpha value is -5.04. The summed E-state index contributed by atoms with van der Waals surface area (Å²) >= 11 is 0. The van der Waals surface area contributed by atoms with Crippen LogP contribution in [0.3, 0.4) is 0 Å². The molecule has 0 spiro atoms. The van der Waals surface area contributed by atoms with Gasteiger partial charge in [-0.3, -0.25) is 4.79 Å². The largest absolute Gasteiger partial charge is 0.476 e. The minimum atomic E-state index is -3.62. The molecule has 0 atom stereocenters. The number of rotatable bonds is 6. The predicted molar refractivity (Wildman–Crippen MR) is 135 cm³/mol. The number of aromatic nitrogens is 3. The Morgan fingerprint density at radius 3 is 2.53 bits per heavy atom. The lowest BCUT2D eigenvalue weighted by atomic mass is 10.0. The molecular formula is C25H18FN5O6S. The van der Waals surface area contributed by atoms with Crippen LogP contribution in [-0.4, -0.2) is 46.6 Å². The van der Waals surface area contributed by atoms with Crippen molar-refractivity contribution in [3.8, 4) is 16.8 Å². The van der Waals surface area contributed by atoms with Crippen molar-refractivity contribution in [1.29, 1.82) is 0 Å². The predicted octanol–water partition coefficient (Wildman–Crippen LogP) is 3.76. The van der Waals surface area contributed by atoms with Crippen molar-refractivity contribution < 1.29 is 32.0 Å². The fourth-order valence-corrected chi connectivity index (χ4v) is 4.84. The molecule has 0 bridgehead atoms. The molecule has 0 saturated heterocycles. The zero-order valence-corrected chi connectivity index (χ0v) is 20.4. The Balaban J connectivity index is 1.50. The zero-order valence-electron chi connectivity index (χ0n) is 19.5. The van der Waals surface area contributed by atoms with Gasteiger partial charge in [-0.2, -0.15) is 5.10 Å². The molecule has 5 rings (SSSR count). The molecule has 1 amide bonds. The molecule has 0 fully saturated rings. The molecule has 5 aromatic rings. The van der Waals surface area contributed by atoms with Crippen LogP contribution in [0.5, 0.6) is 0 Å². The molecule has 2 heterocycles. The lowest BCUT2D eigenvalue weighted by molar-refractivity contribution is 0.0689. The fraction of sp³-hybridized carbons (Fsp3) is 0.0400. The van der Waals surface area contributed by atoms with E-state index in [4.69, 9.17) is 10.3 Å². The maximum absolute atomic E-state index is 15.1. The molecule has 38 heavy (non-hydrogen) atoms. The number of carbonyl (C=O) groups excluding carboxylic acids is 1. The Morgan fingerprint density at radius 2 is 1.82 bits per heavy atom. The van der Waals surface area contributed by atoms with Gasteiger partial charge in [0.05, 0.1) is 16.0 Å². The molecule has 11 nitrogen and oxygen atoms in total. The highest BCUT2D eigenvalue weighted by Crippen LogP contribution is 2.31. The van der Waals surface area contributed by atoms with Gasteiger partial charge in [-0.1, -0.05) is 23.4 Å². The maximum Gasteiger partial charge on any atom is 0.356 e. The van der Waals surface area contributed by atoms with Crippen molar-refractivity contribution in [1.82, 2.24) is 14.9 Å². The Kier molecular flexibility index (Phi) is 5.91. The van der Waals surface area contributed by atoms with Gasteiger partial charge in [0.2, 0.25) is 0 Å². The Morgan fingerprint density at radius 1 is 1.05 bits per heavy atom. The summed E-state index contributed by atoms with van der Waals surface area (Å²) in [6.45, 7) is 0. The number of amides is 1. The van der Waals surface area contributed by atoms with Crippen molar-refractivity contribution in [2.24, 2.45) is 0 Å². The van der Waals surface area contributed by atoms with Crippen LogP contribution in [0.15, 0.2) is 76.1 Å². The molecule has 0 aliphatic rings. The average molecular weight is 536 g/mol. The van der Waals surface area contributed by atoms with Crippen molar-refractivity contribution in [2.45, 2.75) is 4.90 Å². The minimum Gasteiger partial charge on any atom is -0.476 e. The summed E-state index contributed by atoms with van der Waals surface area (Å²) in [7, 11) is -3.62. The number of nitrogen functional groups attached to an aromatic ring is 1. The average Bonchev–Trinajstić information content (AvgIpc) is 3.48. The monoisotopic (exact) mass is 535 g/mol. The molecule has 0 unspecified atom stereocenters. The first-order chi connectivity index (χ1) is 18.0. The normalized spacial score (nSPS) is 11.5. The lowest BCUT2D eigenvalue weighted by Crippen LogP contribution is -2.17. The van der Waals surface area contributed by atoms with Gasteiger partial charge in [0.1, 0.15) is 11.5 Å². The summed E-state index contributed by atoms with van der Waals surface area (Å²) in [6.07, 6.45) is 1.03. The lowest BCUT2D eigenvalue weighted by Gasteiger charge is -2.12. The van der Waals surface area contributed by atoms with Crippen LogP contribution in [-0.2, 0) is 9.84 Å². The number of aromatic carboxylic acids is 1. The highest BCUT2D eigenvalue weighted by molar-refractivity contribution is 7.90. The van der Waals surface area contributed by atoms with E-state index in [1.54, 1.807) is 12.1 Å². The molecule has 4 N–H and O–H groups in total. The van der Waals surface area contributed by atoms with Crippen LogP contribution in [0.25, 0.3) is 27.8 Å². The number of carbonyl (C=O) groups is 2. The number of carboxylic acid groups (broad SMARTS) is 1. The molecule has 2 aromatic heterocycles. The first-order valence-electron chi connectivity index (χ1n) is 10.9. The van der Waals surface area contributed by atoms with Gasteiger partial charge >= 0.3 is 5.97 Å². The third-order valence-corrected chi connectivity index (χ3v) is 6.85. The zero-order chi connectivity index (χ0) is 27.2. The topological polar surface area (TPSA) is 170 Å². The number of hydrogen-bond donors (Lipinski definition) is 3. The molecule has 0 radical (unpaired) electrons. The summed E-state index contributed by atoms with van der Waals surface area (Å²) < 4.78 is 45.6. The van der Waals surface area contributed by atoms with E-state index in [1.165, 1.54) is 42.5 Å². The first kappa shape index (κ1) is 24.6. The summed E-state index contributed by atoms with van der Waals surface area (Å²) in [6, 6.07) is 15.5. The Labute approximate surface area is 214 Å². The van der Waals surface area contributed by atoms with Gasteiger partial charge in [-0.05, 0) is 42.5 Å². The van der Waals surface area contributed by atoms with Gasteiger partial charge in [-0.15, -0.1) is 0 Å². The van der Waals surface area contributed by atoms with Gasteiger partial charge in [0.15, 0.2) is 26.9 Å². The van der Waals surface area contributed by atoms with Gasteiger partial charge in [-0.25, -0.2) is 22.3 Å². The second-order valence-electron chi connectivity index (χ2n) is 8.30. The number of nitrogens with one attached hydrogen (secondary N) is 1. The highest BCUT2D eigenvalue weighted by Gasteiger charge is 2.22. The van der Waals surface area contributed by atoms with E-state index in [2.05, 4.69) is 15.6 Å². The van der Waals surface area contributed by atoms with E-state index in [0.717, 1.165) is 23.1 Å². The van der Waals surface area contributed by atoms with E-state index >= 15 is 4.39 Å². The maximum atomic E-state index is 15.1. The third kappa shape index (κ3) is 4.46. The second-order valence-corrected chi connectivity index (χ2v) is 10.3. The molecular weight excluding hydrogens is 517 g/mol. The molecule has 192 valence electrons. The van der Waals surface area contributed by atoms with Gasteiger partial charge in [0, 0.05) is 29.1 Å². The van der Waals surface area contributed by atoms with Crippen molar-refractivity contribution in [3.63, 3.8) is 0 Å². The van der Waals surface area contributed by atoms with E-state index in [-0.39, 0.29) is 33.2 Å². The standard InChI is InChI=1S/C25H18FN5O6S/c1-38(35,36)22-5-3-2-4-16(22)15-8-6-13(10-18(15)26)28-24(32)20-12-19(25(33)34)29-31(20)14-7-9-21-17(11-14)23(27)30-37-21/h2-12H,1H3,(H2,27,30)(H,28,32)(H,33,34). The van der Waals surface area contributed by atoms with Crippen LogP contribution in [0.1, 0.15) is 21.0 Å². The number of anilines is 2. The quantitative estimate of drug-likeness (QED) is 0.293. The molecule has 0 aliphatic heterocycles.